The minimum absolute atomic E-state index is 1.43. The van der Waals surface area contributed by atoms with Gasteiger partial charge in [-0.25, -0.2) is 0 Å². The Morgan fingerprint density at radius 1 is 1.29 bits per heavy atom. The normalized spacial score (nSPS) is 6.29. The molecular formula is C5H12N2. The summed E-state index contributed by atoms with van der Waals surface area (Å²) >= 11 is 0. The molecule has 0 heterocycles. The van der Waals surface area contributed by atoms with Gasteiger partial charge < -0.3 is 4.90 Å². The summed E-state index contributed by atoms with van der Waals surface area (Å²) in [5.41, 5.74) is 0. The van der Waals surface area contributed by atoms with E-state index in [1.165, 1.54) is 6.92 Å². The summed E-state index contributed by atoms with van der Waals surface area (Å²) in [5.74, 6) is 0. The maximum absolute atomic E-state index is 7.32. The smallest absolute Gasteiger partial charge is 0.0587 e. The quantitative estimate of drug-likeness (QED) is 0.448. The molecule has 0 amide bonds. The van der Waals surface area contributed by atoms with Crippen molar-refractivity contribution in [2.24, 2.45) is 0 Å². The lowest BCUT2D eigenvalue weighted by atomic mass is 11.0. The Morgan fingerprint density at radius 3 is 1.29 bits per heavy atom. The van der Waals surface area contributed by atoms with Crippen LogP contribution in [0.3, 0.4) is 0 Å². The van der Waals surface area contributed by atoms with Gasteiger partial charge in [0, 0.05) is 6.92 Å². The van der Waals surface area contributed by atoms with E-state index in [0.717, 1.165) is 0 Å². The van der Waals surface area contributed by atoms with E-state index >= 15 is 0 Å². The first-order valence-corrected chi connectivity index (χ1v) is 2.07. The van der Waals surface area contributed by atoms with E-state index in [4.69, 9.17) is 5.26 Å². The summed E-state index contributed by atoms with van der Waals surface area (Å²) in [6, 6.07) is 1.75. The fourth-order valence-electron chi connectivity index (χ4n) is 0. The van der Waals surface area contributed by atoms with Crippen LogP contribution in [-0.4, -0.2) is 26.0 Å². The number of hydrogen-bond donors (Lipinski definition) is 0. The monoisotopic (exact) mass is 100 g/mol. The molecule has 0 aliphatic rings. The van der Waals surface area contributed by atoms with Crippen LogP contribution in [0.5, 0.6) is 0 Å². The molecule has 2 heteroatoms. The number of nitrogens with zero attached hydrogens (tertiary/aromatic N) is 2. The topological polar surface area (TPSA) is 27.0 Å². The van der Waals surface area contributed by atoms with Gasteiger partial charge in [0.15, 0.2) is 0 Å². The molecule has 0 saturated heterocycles. The minimum atomic E-state index is 1.43. The number of rotatable bonds is 0. The van der Waals surface area contributed by atoms with Crippen molar-refractivity contribution in [2.45, 2.75) is 6.92 Å². The van der Waals surface area contributed by atoms with E-state index in [1.807, 2.05) is 26.0 Å². The van der Waals surface area contributed by atoms with Gasteiger partial charge in [-0.05, 0) is 21.1 Å². The lowest BCUT2D eigenvalue weighted by molar-refractivity contribution is 0.505. The van der Waals surface area contributed by atoms with Gasteiger partial charge in [-0.1, -0.05) is 0 Å². The molecule has 0 radical (unpaired) electrons. The number of hydrogen-bond acceptors (Lipinski definition) is 2. The molecule has 0 aromatic heterocycles. The first-order valence-electron chi connectivity index (χ1n) is 2.07. The molecular weight excluding hydrogens is 88.1 g/mol. The summed E-state index contributed by atoms with van der Waals surface area (Å²) < 4.78 is 0. The van der Waals surface area contributed by atoms with Crippen LogP contribution < -0.4 is 0 Å². The average Bonchev–Trinajstić information content (AvgIpc) is 1.33. The minimum Gasteiger partial charge on any atom is -0.312 e. The molecule has 0 saturated carbocycles. The van der Waals surface area contributed by atoms with E-state index in [9.17, 15) is 0 Å². The van der Waals surface area contributed by atoms with Crippen molar-refractivity contribution in [2.75, 3.05) is 21.1 Å². The van der Waals surface area contributed by atoms with Crippen LogP contribution in [0.4, 0.5) is 0 Å². The van der Waals surface area contributed by atoms with Crippen LogP contribution in [0.25, 0.3) is 0 Å². The van der Waals surface area contributed by atoms with Crippen LogP contribution in [0.1, 0.15) is 6.92 Å². The van der Waals surface area contributed by atoms with Crippen molar-refractivity contribution in [1.29, 1.82) is 5.26 Å². The van der Waals surface area contributed by atoms with E-state index in [1.54, 1.807) is 6.07 Å². The van der Waals surface area contributed by atoms with Crippen molar-refractivity contribution >= 4 is 0 Å². The summed E-state index contributed by atoms with van der Waals surface area (Å²) in [4.78, 5) is 2.00. The second-order valence-corrected chi connectivity index (χ2v) is 1.57. The van der Waals surface area contributed by atoms with Gasteiger partial charge in [-0.2, -0.15) is 5.26 Å². The molecule has 0 aliphatic carbocycles. The van der Waals surface area contributed by atoms with Crippen LogP contribution in [0, 0.1) is 11.3 Å². The zero-order valence-electron chi connectivity index (χ0n) is 5.39. The van der Waals surface area contributed by atoms with Crippen LogP contribution in [0.2, 0.25) is 0 Å². The standard InChI is InChI=1S/C3H9N.C2H3N/c1-4(2)3;1-2-3/h1-3H3;1H3. The summed E-state index contributed by atoms with van der Waals surface area (Å²) in [6.07, 6.45) is 0. The predicted molar refractivity (Wildman–Crippen MR) is 30.9 cm³/mol. The maximum atomic E-state index is 7.32. The Labute approximate surface area is 45.4 Å². The zero-order valence-corrected chi connectivity index (χ0v) is 5.39. The Balaban J connectivity index is 0. The van der Waals surface area contributed by atoms with Gasteiger partial charge in [0.1, 0.15) is 0 Å². The van der Waals surface area contributed by atoms with Gasteiger partial charge in [-0.15, -0.1) is 0 Å². The van der Waals surface area contributed by atoms with E-state index in [2.05, 4.69) is 0 Å². The van der Waals surface area contributed by atoms with Crippen molar-refractivity contribution < 1.29 is 0 Å². The third-order valence-corrected chi connectivity index (χ3v) is 0. The average molecular weight is 100 g/mol. The van der Waals surface area contributed by atoms with Gasteiger partial charge in [-0.3, -0.25) is 0 Å². The Morgan fingerprint density at radius 2 is 1.29 bits per heavy atom. The third-order valence-electron chi connectivity index (χ3n) is 0. The van der Waals surface area contributed by atoms with Gasteiger partial charge >= 0.3 is 0 Å². The molecule has 0 bridgehead atoms. The summed E-state index contributed by atoms with van der Waals surface area (Å²) in [7, 11) is 6.00. The first-order chi connectivity index (χ1) is 3.15. The Hall–Kier alpha value is -0.550. The van der Waals surface area contributed by atoms with Crippen molar-refractivity contribution in [1.82, 2.24) is 4.90 Å². The highest BCUT2D eigenvalue weighted by atomic mass is 15.0. The molecule has 0 aromatic carbocycles. The van der Waals surface area contributed by atoms with Crippen molar-refractivity contribution in [3.8, 4) is 6.07 Å². The number of nitriles is 1. The highest BCUT2D eigenvalue weighted by molar-refractivity contribution is 4.51. The maximum Gasteiger partial charge on any atom is 0.0587 e. The lowest BCUT2D eigenvalue weighted by Crippen LogP contribution is -1.99. The summed E-state index contributed by atoms with van der Waals surface area (Å²) in [6.45, 7) is 1.43. The Kier molecular flexibility index (Phi) is 12.5. The van der Waals surface area contributed by atoms with E-state index < -0.39 is 0 Å². The largest absolute Gasteiger partial charge is 0.312 e. The fourth-order valence-corrected chi connectivity index (χ4v) is 0. The van der Waals surface area contributed by atoms with E-state index in [-0.39, 0.29) is 0 Å². The molecule has 2 nitrogen and oxygen atoms in total. The van der Waals surface area contributed by atoms with E-state index in [0.29, 0.717) is 0 Å². The SMILES string of the molecule is CC#N.CN(C)C. The molecule has 0 N–H and O–H groups in total. The van der Waals surface area contributed by atoms with Crippen molar-refractivity contribution in [3.63, 3.8) is 0 Å². The molecule has 0 fully saturated rings. The van der Waals surface area contributed by atoms with Gasteiger partial charge in [0.2, 0.25) is 0 Å². The second-order valence-electron chi connectivity index (χ2n) is 1.57. The molecule has 0 aromatic rings. The molecule has 0 aliphatic heterocycles. The third kappa shape index (κ3) is 214. The fraction of sp³-hybridized carbons (Fsp3) is 0.800. The molecule has 0 rings (SSSR count). The van der Waals surface area contributed by atoms with Crippen LogP contribution in [-0.2, 0) is 0 Å². The molecule has 0 atom stereocenters. The molecule has 0 unspecified atom stereocenters. The molecule has 0 spiro atoms. The Bertz CT molecular complexity index is 48.8. The van der Waals surface area contributed by atoms with Gasteiger partial charge in [0.05, 0.1) is 6.07 Å². The lowest BCUT2D eigenvalue weighted by Gasteiger charge is -1.90. The predicted octanol–water partition coefficient (Wildman–Crippen LogP) is 0.708. The van der Waals surface area contributed by atoms with Crippen LogP contribution in [0.15, 0.2) is 0 Å². The van der Waals surface area contributed by atoms with Crippen molar-refractivity contribution in [3.05, 3.63) is 0 Å². The highest BCUT2D eigenvalue weighted by Crippen LogP contribution is 1.47. The van der Waals surface area contributed by atoms with Crippen LogP contribution >= 0.6 is 0 Å². The van der Waals surface area contributed by atoms with Gasteiger partial charge in [0.25, 0.3) is 0 Å². The second kappa shape index (κ2) is 9.07. The zero-order chi connectivity index (χ0) is 6.28. The molecule has 42 valence electrons. The first kappa shape index (κ1) is 9.67. The molecule has 7 heavy (non-hydrogen) atoms. The highest BCUT2D eigenvalue weighted by Gasteiger charge is 1.58. The summed E-state index contributed by atoms with van der Waals surface area (Å²) in [5, 5.41) is 7.32.